The van der Waals surface area contributed by atoms with Crippen molar-refractivity contribution in [1.29, 1.82) is 5.26 Å². The van der Waals surface area contributed by atoms with Crippen LogP contribution in [0.25, 0.3) is 5.69 Å². The van der Waals surface area contributed by atoms with Gasteiger partial charge < -0.3 is 0 Å². The summed E-state index contributed by atoms with van der Waals surface area (Å²) in [7, 11) is 0. The Bertz CT molecular complexity index is 871. The van der Waals surface area contributed by atoms with Gasteiger partial charge in [0.1, 0.15) is 17.3 Å². The van der Waals surface area contributed by atoms with E-state index in [9.17, 15) is 22.4 Å². The van der Waals surface area contributed by atoms with Crippen molar-refractivity contribution in [2.45, 2.75) is 19.8 Å². The molecule has 24 heavy (non-hydrogen) atoms. The molecule has 0 bridgehead atoms. The first kappa shape index (κ1) is 16.0. The molecular weight excluding hydrogens is 328 g/mol. The van der Waals surface area contributed by atoms with E-state index in [0.29, 0.717) is 4.68 Å². The molecule has 5 nitrogen and oxygen atoms in total. The van der Waals surface area contributed by atoms with Crippen molar-refractivity contribution in [3.8, 4) is 11.8 Å². The Kier molecular flexibility index (Phi) is 3.75. The lowest BCUT2D eigenvalue weighted by molar-refractivity contribution is -0.122. The molecule has 2 aromatic rings. The fourth-order valence-corrected chi connectivity index (χ4v) is 2.55. The summed E-state index contributed by atoms with van der Waals surface area (Å²) < 4.78 is 57.2. The molecule has 1 saturated heterocycles. The highest BCUT2D eigenvalue weighted by Gasteiger charge is 2.34. The van der Waals surface area contributed by atoms with Gasteiger partial charge in [-0.3, -0.25) is 9.69 Å². The van der Waals surface area contributed by atoms with Gasteiger partial charge in [-0.15, -0.1) is 0 Å². The van der Waals surface area contributed by atoms with Crippen molar-refractivity contribution in [1.82, 2.24) is 9.78 Å². The van der Waals surface area contributed by atoms with Gasteiger partial charge in [-0.2, -0.15) is 10.4 Å². The van der Waals surface area contributed by atoms with E-state index in [1.54, 1.807) is 6.07 Å². The van der Waals surface area contributed by atoms with Crippen molar-refractivity contribution in [3.05, 3.63) is 40.6 Å². The Balaban J connectivity index is 2.30. The normalized spacial score (nSPS) is 13.8. The zero-order valence-electron chi connectivity index (χ0n) is 12.4. The van der Waals surface area contributed by atoms with Crippen LogP contribution in [-0.2, 0) is 11.2 Å². The molecule has 1 fully saturated rings. The lowest BCUT2D eigenvalue weighted by Gasteiger charge is -2.31. The number of amides is 1. The van der Waals surface area contributed by atoms with Crippen molar-refractivity contribution in [3.63, 3.8) is 0 Å². The average Bonchev–Trinajstić information content (AvgIpc) is 2.95. The summed E-state index contributed by atoms with van der Waals surface area (Å²) in [6.07, 6.45) is 0.924. The van der Waals surface area contributed by atoms with Crippen molar-refractivity contribution >= 4 is 11.7 Å². The first-order chi connectivity index (χ1) is 11.4. The molecule has 0 spiro atoms. The van der Waals surface area contributed by atoms with Gasteiger partial charge >= 0.3 is 0 Å². The van der Waals surface area contributed by atoms with Crippen LogP contribution in [-0.4, -0.2) is 22.2 Å². The molecule has 0 unspecified atom stereocenters. The zero-order chi connectivity index (χ0) is 17.6. The SMILES string of the molecule is CCc1c(F)c(F)c(-n2ncc(C#N)c2N2CCC2=O)c(F)c1F. The van der Waals surface area contributed by atoms with Crippen LogP contribution in [0.15, 0.2) is 6.20 Å². The summed E-state index contributed by atoms with van der Waals surface area (Å²) in [6.45, 7) is 1.56. The van der Waals surface area contributed by atoms with E-state index in [2.05, 4.69) is 5.10 Å². The van der Waals surface area contributed by atoms with E-state index in [0.717, 1.165) is 11.1 Å². The van der Waals surface area contributed by atoms with E-state index >= 15 is 0 Å². The van der Waals surface area contributed by atoms with Crippen molar-refractivity contribution < 1.29 is 22.4 Å². The maximum absolute atomic E-state index is 14.3. The second-order valence-electron chi connectivity index (χ2n) is 5.14. The third-order valence-electron chi connectivity index (χ3n) is 3.87. The second kappa shape index (κ2) is 5.63. The van der Waals surface area contributed by atoms with Crippen LogP contribution in [0.1, 0.15) is 24.5 Å². The predicted octanol–water partition coefficient (Wildman–Crippen LogP) is 2.60. The zero-order valence-corrected chi connectivity index (χ0v) is 12.4. The molecule has 0 atom stereocenters. The highest BCUT2D eigenvalue weighted by molar-refractivity contribution is 5.99. The molecule has 3 rings (SSSR count). The molecule has 124 valence electrons. The molecule has 0 saturated carbocycles. The molecule has 1 aliphatic heterocycles. The molecular formula is C15H10F4N4O. The number of halogens is 4. The summed E-state index contributed by atoms with van der Waals surface area (Å²) in [5.41, 5.74) is -1.95. The van der Waals surface area contributed by atoms with Crippen LogP contribution in [0.5, 0.6) is 0 Å². The second-order valence-corrected chi connectivity index (χ2v) is 5.14. The quantitative estimate of drug-likeness (QED) is 0.491. The Morgan fingerprint density at radius 2 is 1.83 bits per heavy atom. The summed E-state index contributed by atoms with van der Waals surface area (Å²) in [5.74, 6) is -6.92. The number of nitrogens with zero attached hydrogens (tertiary/aromatic N) is 4. The number of β-lactam (4-membered cyclic amide) rings is 1. The molecule has 0 N–H and O–H groups in total. The number of aromatic nitrogens is 2. The van der Waals surface area contributed by atoms with Crippen molar-refractivity contribution in [2.75, 3.05) is 11.4 Å². The number of rotatable bonds is 3. The Morgan fingerprint density at radius 1 is 1.21 bits per heavy atom. The summed E-state index contributed by atoms with van der Waals surface area (Å²) in [5, 5.41) is 12.7. The maximum atomic E-state index is 14.3. The Hall–Kier alpha value is -2.89. The van der Waals surface area contributed by atoms with E-state index in [1.165, 1.54) is 6.92 Å². The predicted molar refractivity (Wildman–Crippen MR) is 74.5 cm³/mol. The number of anilines is 1. The standard InChI is InChI=1S/C15H10F4N4O/c1-2-8-10(16)12(18)14(13(19)11(8)17)23-15(7(5-20)6-21-23)22-4-3-9(22)24/h6H,2-4H2,1H3. The number of hydrogen-bond acceptors (Lipinski definition) is 3. The van der Waals surface area contributed by atoms with Gasteiger partial charge in [-0.05, 0) is 6.42 Å². The maximum Gasteiger partial charge on any atom is 0.229 e. The fourth-order valence-electron chi connectivity index (χ4n) is 2.55. The molecule has 9 heteroatoms. The van der Waals surface area contributed by atoms with E-state index in [1.807, 2.05) is 0 Å². The van der Waals surface area contributed by atoms with Crippen LogP contribution < -0.4 is 4.90 Å². The van der Waals surface area contributed by atoms with E-state index < -0.39 is 34.5 Å². The van der Waals surface area contributed by atoms with Gasteiger partial charge in [0.05, 0.1) is 6.20 Å². The number of carbonyl (C=O) groups is 1. The number of carbonyl (C=O) groups excluding carboxylic acids is 1. The third kappa shape index (κ3) is 2.06. The van der Waals surface area contributed by atoms with Gasteiger partial charge in [0.15, 0.2) is 29.1 Å². The number of nitriles is 1. The molecule has 1 aromatic heterocycles. The van der Waals surface area contributed by atoms with Crippen LogP contribution in [0.4, 0.5) is 23.4 Å². The molecule has 1 aliphatic rings. The Morgan fingerprint density at radius 3 is 2.25 bits per heavy atom. The minimum atomic E-state index is -1.63. The topological polar surface area (TPSA) is 61.9 Å². The lowest BCUT2D eigenvalue weighted by atomic mass is 10.1. The summed E-state index contributed by atoms with van der Waals surface area (Å²) >= 11 is 0. The highest BCUT2D eigenvalue weighted by atomic mass is 19.2. The average molecular weight is 338 g/mol. The molecule has 1 aromatic carbocycles. The molecule has 1 amide bonds. The van der Waals surface area contributed by atoms with Crippen LogP contribution >= 0.6 is 0 Å². The van der Waals surface area contributed by atoms with Gasteiger partial charge in [0.2, 0.25) is 5.91 Å². The third-order valence-corrected chi connectivity index (χ3v) is 3.87. The summed E-state index contributed by atoms with van der Waals surface area (Å²) in [6, 6.07) is 1.74. The number of hydrogen-bond donors (Lipinski definition) is 0. The van der Waals surface area contributed by atoms with E-state index in [-0.39, 0.29) is 36.7 Å². The fraction of sp³-hybridized carbons (Fsp3) is 0.267. The highest BCUT2D eigenvalue weighted by Crippen LogP contribution is 2.33. The van der Waals surface area contributed by atoms with Crippen LogP contribution in [0.2, 0.25) is 0 Å². The largest absolute Gasteiger partial charge is 0.295 e. The van der Waals surface area contributed by atoms with Gasteiger partial charge in [0.25, 0.3) is 0 Å². The first-order valence-electron chi connectivity index (χ1n) is 7.06. The van der Waals surface area contributed by atoms with Gasteiger partial charge in [0, 0.05) is 18.5 Å². The van der Waals surface area contributed by atoms with Crippen LogP contribution in [0, 0.1) is 34.6 Å². The molecule has 0 aliphatic carbocycles. The Labute approximate surface area is 133 Å². The minimum Gasteiger partial charge on any atom is -0.295 e. The van der Waals surface area contributed by atoms with Gasteiger partial charge in [-0.25, -0.2) is 22.2 Å². The lowest BCUT2D eigenvalue weighted by Crippen LogP contribution is -2.45. The minimum absolute atomic E-state index is 0.137. The van der Waals surface area contributed by atoms with E-state index in [4.69, 9.17) is 5.26 Å². The monoisotopic (exact) mass is 338 g/mol. The smallest absolute Gasteiger partial charge is 0.229 e. The molecule has 0 radical (unpaired) electrons. The van der Waals surface area contributed by atoms with Crippen LogP contribution in [0.3, 0.4) is 0 Å². The van der Waals surface area contributed by atoms with Gasteiger partial charge in [-0.1, -0.05) is 6.92 Å². The number of benzene rings is 1. The first-order valence-corrected chi connectivity index (χ1v) is 7.06. The molecule has 2 heterocycles. The van der Waals surface area contributed by atoms with Crippen molar-refractivity contribution in [2.24, 2.45) is 0 Å². The summed E-state index contributed by atoms with van der Waals surface area (Å²) in [4.78, 5) is 12.7.